The maximum atomic E-state index is 12.5. The summed E-state index contributed by atoms with van der Waals surface area (Å²) >= 11 is 0. The van der Waals surface area contributed by atoms with E-state index in [9.17, 15) is 19.2 Å². The van der Waals surface area contributed by atoms with Crippen LogP contribution >= 0.6 is 0 Å². The molecule has 0 fully saturated rings. The van der Waals surface area contributed by atoms with Gasteiger partial charge in [-0.2, -0.15) is 0 Å². The fourth-order valence-corrected chi connectivity index (χ4v) is 4.67. The molecule has 0 saturated carbocycles. The highest BCUT2D eigenvalue weighted by Gasteiger charge is 2.57. The highest BCUT2D eigenvalue weighted by molar-refractivity contribution is 6.71. The van der Waals surface area contributed by atoms with Gasteiger partial charge in [-0.3, -0.25) is 0 Å². The van der Waals surface area contributed by atoms with Crippen LogP contribution in [0.15, 0.2) is 48.5 Å². The minimum Gasteiger partial charge on any atom is -0.477 e. The number of hydrogen-bond acceptors (Lipinski definition) is 8. The monoisotopic (exact) mass is 384 g/mol. The molecule has 0 atom stereocenters. The number of cyclic esters (lactones) is 2. The number of carbonyl (C=O) groups is 4. The van der Waals surface area contributed by atoms with Crippen molar-refractivity contribution in [1.29, 1.82) is 0 Å². The SMILES string of the molecule is C[Si]1(C2OC(=O)c3ccccc3C(=O)O2)OC(=O)c2ccccc2C(=O)O1. The Morgan fingerprint density at radius 1 is 0.630 bits per heavy atom. The molecule has 2 aliphatic rings. The highest BCUT2D eigenvalue weighted by atomic mass is 28.4. The lowest BCUT2D eigenvalue weighted by Gasteiger charge is -2.28. The molecule has 8 nitrogen and oxygen atoms in total. The molecule has 0 aromatic heterocycles. The molecule has 0 spiro atoms. The zero-order chi connectivity index (χ0) is 19.2. The number of esters is 2. The molecular formula is C18H12O8Si. The van der Waals surface area contributed by atoms with E-state index < -0.39 is 38.4 Å². The van der Waals surface area contributed by atoms with Crippen molar-refractivity contribution in [2.45, 2.75) is 12.5 Å². The molecule has 2 aromatic rings. The smallest absolute Gasteiger partial charge is 0.477 e. The zero-order valence-corrected chi connectivity index (χ0v) is 15.0. The van der Waals surface area contributed by atoms with Gasteiger partial charge in [0.05, 0.1) is 22.3 Å². The molecule has 4 rings (SSSR count). The van der Waals surface area contributed by atoms with Crippen molar-refractivity contribution in [1.82, 2.24) is 0 Å². The third kappa shape index (κ3) is 2.77. The molecule has 2 aromatic carbocycles. The van der Waals surface area contributed by atoms with Gasteiger partial charge >= 0.3 is 38.4 Å². The Morgan fingerprint density at radius 3 is 1.33 bits per heavy atom. The number of fused-ring (bicyclic) bond motifs is 2. The standard InChI is InChI=1S/C18H12O8Si/c1-27(25-16(21)12-8-4-5-9-13(12)17(22)26-27)18-23-14(19)10-6-2-3-7-11(10)15(20)24-18/h2-9,18H,1H3. The van der Waals surface area contributed by atoms with Crippen LogP contribution in [0.3, 0.4) is 0 Å². The first-order chi connectivity index (χ1) is 12.9. The van der Waals surface area contributed by atoms with Crippen LogP contribution in [0.5, 0.6) is 0 Å². The number of carbonyl (C=O) groups excluding carboxylic acids is 4. The Balaban J connectivity index is 1.71. The van der Waals surface area contributed by atoms with Crippen LogP contribution in [0, 0.1) is 0 Å². The average Bonchev–Trinajstić information content (AvgIpc) is 2.85. The Labute approximate surface area is 153 Å². The van der Waals surface area contributed by atoms with Gasteiger partial charge in [-0.1, -0.05) is 24.3 Å². The number of ether oxygens (including phenoxy) is 2. The minimum absolute atomic E-state index is 0.0113. The van der Waals surface area contributed by atoms with E-state index in [1.165, 1.54) is 30.8 Å². The molecule has 0 N–H and O–H groups in total. The van der Waals surface area contributed by atoms with Crippen molar-refractivity contribution >= 4 is 32.4 Å². The van der Waals surface area contributed by atoms with E-state index in [-0.39, 0.29) is 22.3 Å². The van der Waals surface area contributed by atoms with Crippen molar-refractivity contribution in [3.8, 4) is 0 Å². The quantitative estimate of drug-likeness (QED) is 0.543. The third-order valence-electron chi connectivity index (χ3n) is 4.18. The fraction of sp³-hybridized carbons (Fsp3) is 0.111. The lowest BCUT2D eigenvalue weighted by atomic mass is 10.1. The van der Waals surface area contributed by atoms with Crippen LogP contribution in [0.25, 0.3) is 0 Å². The first-order valence-corrected chi connectivity index (χ1v) is 10.3. The van der Waals surface area contributed by atoms with E-state index in [2.05, 4.69) is 0 Å². The van der Waals surface area contributed by atoms with Gasteiger partial charge in [-0.15, -0.1) is 0 Å². The molecule has 0 radical (unpaired) electrons. The van der Waals surface area contributed by atoms with E-state index >= 15 is 0 Å². The van der Waals surface area contributed by atoms with Gasteiger partial charge in [0.2, 0.25) is 0 Å². The lowest BCUT2D eigenvalue weighted by molar-refractivity contribution is -0.0576. The van der Waals surface area contributed by atoms with Crippen molar-refractivity contribution < 1.29 is 37.5 Å². The van der Waals surface area contributed by atoms with Gasteiger partial charge in [-0.05, 0) is 24.3 Å². The summed E-state index contributed by atoms with van der Waals surface area (Å²) in [6, 6.07) is 11.9. The Bertz CT molecular complexity index is 924. The second-order valence-corrected chi connectivity index (χ2v) is 8.94. The number of hydrogen-bond donors (Lipinski definition) is 0. The lowest BCUT2D eigenvalue weighted by Crippen LogP contribution is -2.55. The first kappa shape index (κ1) is 17.0. The van der Waals surface area contributed by atoms with Gasteiger partial charge in [0.15, 0.2) is 0 Å². The normalized spacial score (nSPS) is 18.7. The Kier molecular flexibility index (Phi) is 3.81. The van der Waals surface area contributed by atoms with Crippen molar-refractivity contribution in [3.63, 3.8) is 0 Å². The molecule has 0 amide bonds. The maximum absolute atomic E-state index is 12.5. The van der Waals surface area contributed by atoms with Gasteiger partial charge < -0.3 is 18.3 Å². The van der Waals surface area contributed by atoms with Crippen LogP contribution in [-0.4, -0.2) is 38.4 Å². The van der Waals surface area contributed by atoms with Crippen molar-refractivity contribution in [2.75, 3.05) is 0 Å². The third-order valence-corrected chi connectivity index (χ3v) is 6.45. The van der Waals surface area contributed by atoms with Crippen LogP contribution in [0.1, 0.15) is 41.4 Å². The zero-order valence-electron chi connectivity index (χ0n) is 14.0. The molecule has 0 aliphatic carbocycles. The molecular weight excluding hydrogens is 372 g/mol. The van der Waals surface area contributed by atoms with Gasteiger partial charge in [0, 0.05) is 6.55 Å². The summed E-state index contributed by atoms with van der Waals surface area (Å²) in [5.74, 6) is -4.97. The largest absolute Gasteiger partial charge is 0.546 e. The summed E-state index contributed by atoms with van der Waals surface area (Å²) in [5, 5.41) is 0. The summed E-state index contributed by atoms with van der Waals surface area (Å²) in [6.45, 7) is 1.32. The first-order valence-electron chi connectivity index (χ1n) is 7.96. The summed E-state index contributed by atoms with van der Waals surface area (Å²) < 4.78 is 21.2. The van der Waals surface area contributed by atoms with E-state index in [4.69, 9.17) is 18.3 Å². The second-order valence-electron chi connectivity index (χ2n) is 6.03. The summed E-state index contributed by atoms with van der Waals surface area (Å²) in [6.07, 6.45) is 0. The topological polar surface area (TPSA) is 105 Å². The van der Waals surface area contributed by atoms with E-state index in [0.717, 1.165) is 0 Å². The molecule has 0 saturated heterocycles. The van der Waals surface area contributed by atoms with Crippen molar-refractivity contribution in [3.05, 3.63) is 70.8 Å². The number of benzene rings is 2. The fourth-order valence-electron chi connectivity index (χ4n) is 2.83. The van der Waals surface area contributed by atoms with Crippen LogP contribution in [0.2, 0.25) is 6.55 Å². The summed E-state index contributed by atoms with van der Waals surface area (Å²) in [4.78, 5) is 49.8. The van der Waals surface area contributed by atoms with Crippen molar-refractivity contribution in [2.24, 2.45) is 0 Å². The number of rotatable bonds is 1. The van der Waals surface area contributed by atoms with Crippen LogP contribution in [-0.2, 0) is 18.3 Å². The maximum Gasteiger partial charge on any atom is 0.546 e. The molecule has 2 heterocycles. The second kappa shape index (κ2) is 6.06. The van der Waals surface area contributed by atoms with Crippen LogP contribution in [0.4, 0.5) is 0 Å². The molecule has 27 heavy (non-hydrogen) atoms. The van der Waals surface area contributed by atoms with E-state index in [0.29, 0.717) is 0 Å². The van der Waals surface area contributed by atoms with E-state index in [1.54, 1.807) is 24.3 Å². The van der Waals surface area contributed by atoms with Gasteiger partial charge in [0.1, 0.15) is 0 Å². The van der Waals surface area contributed by atoms with Gasteiger partial charge in [0.25, 0.3) is 0 Å². The Morgan fingerprint density at radius 2 is 0.963 bits per heavy atom. The summed E-state index contributed by atoms with van der Waals surface area (Å²) in [5.41, 5.74) is 0.0656. The van der Waals surface area contributed by atoms with Gasteiger partial charge in [-0.25, -0.2) is 19.2 Å². The Hall–Kier alpha value is -3.46. The van der Waals surface area contributed by atoms with Crippen LogP contribution < -0.4 is 0 Å². The summed E-state index contributed by atoms with van der Waals surface area (Å²) in [7, 11) is -3.95. The van der Waals surface area contributed by atoms with E-state index in [1.807, 2.05) is 0 Å². The predicted octanol–water partition coefficient (Wildman–Crippen LogP) is 1.98. The molecule has 136 valence electrons. The minimum atomic E-state index is -3.95. The highest BCUT2D eigenvalue weighted by Crippen LogP contribution is 2.29. The molecule has 0 bridgehead atoms. The average molecular weight is 384 g/mol. The molecule has 0 unspecified atom stereocenters. The molecule has 2 aliphatic heterocycles. The predicted molar refractivity (Wildman–Crippen MR) is 90.0 cm³/mol. The molecule has 9 heteroatoms.